The average Bonchev–Trinajstić information content (AvgIpc) is 3.44. The molecule has 2 fully saturated rings. The minimum Gasteiger partial charge on any atom is -0.393 e. The highest BCUT2D eigenvalue weighted by Gasteiger charge is 2.19. The summed E-state index contributed by atoms with van der Waals surface area (Å²) >= 11 is 0. The molecule has 2 aliphatic rings. The number of piperidine rings is 1. The van der Waals surface area contributed by atoms with Crippen LogP contribution in [0.25, 0.3) is 22.2 Å². The van der Waals surface area contributed by atoms with Crippen LogP contribution in [0.4, 0.5) is 21.6 Å². The lowest BCUT2D eigenvalue weighted by atomic mass is 10.0. The summed E-state index contributed by atoms with van der Waals surface area (Å²) in [5.74, 6) is 0.211. The van der Waals surface area contributed by atoms with Crippen molar-refractivity contribution in [1.82, 2.24) is 19.9 Å². The van der Waals surface area contributed by atoms with E-state index in [0.717, 1.165) is 56.8 Å². The molecule has 2 aliphatic heterocycles. The molecule has 9 heteroatoms. The van der Waals surface area contributed by atoms with Gasteiger partial charge in [-0.15, -0.1) is 0 Å². The van der Waals surface area contributed by atoms with E-state index in [1.807, 2.05) is 24.3 Å². The fourth-order valence-electron chi connectivity index (χ4n) is 5.40. The van der Waals surface area contributed by atoms with Gasteiger partial charge in [0.05, 0.1) is 40.3 Å². The van der Waals surface area contributed by atoms with Gasteiger partial charge in [0.15, 0.2) is 0 Å². The number of aliphatic hydroxyl groups excluding tert-OH is 1. The number of hydrogen-bond donors (Lipinski definition) is 3. The predicted octanol–water partition coefficient (Wildman–Crippen LogP) is 4.42. The Labute approximate surface area is 220 Å². The number of halogens is 1. The molecule has 6 rings (SSSR count). The van der Waals surface area contributed by atoms with Crippen LogP contribution in [0.1, 0.15) is 31.2 Å². The Hall–Kier alpha value is -3.82. The molecule has 0 spiro atoms. The number of hydrogen-bond acceptors (Lipinski definition) is 7. The van der Waals surface area contributed by atoms with Gasteiger partial charge < -0.3 is 20.3 Å². The third-order valence-corrected chi connectivity index (χ3v) is 7.48. The van der Waals surface area contributed by atoms with Gasteiger partial charge in [-0.05, 0) is 80.7 Å². The van der Waals surface area contributed by atoms with Gasteiger partial charge >= 0.3 is 0 Å². The summed E-state index contributed by atoms with van der Waals surface area (Å²) in [6.07, 6.45) is 6.97. The minimum absolute atomic E-state index is 0.238. The fraction of sp³-hybridized carbons (Fsp3) is 0.345. The summed E-state index contributed by atoms with van der Waals surface area (Å²) in [4.78, 5) is 29.3. The van der Waals surface area contributed by atoms with Crippen molar-refractivity contribution in [1.29, 1.82) is 0 Å². The van der Waals surface area contributed by atoms with Crippen molar-refractivity contribution in [3.8, 4) is 11.3 Å². The van der Waals surface area contributed by atoms with Crippen LogP contribution in [0.3, 0.4) is 0 Å². The molecule has 196 valence electrons. The van der Waals surface area contributed by atoms with Crippen LogP contribution in [-0.4, -0.2) is 57.2 Å². The number of nitrogens with one attached hydrogen (secondary N) is 2. The number of likely N-dealkylation sites (tertiary alicyclic amines) is 1. The van der Waals surface area contributed by atoms with E-state index >= 15 is 4.39 Å². The average molecular weight is 515 g/mol. The molecule has 38 heavy (non-hydrogen) atoms. The van der Waals surface area contributed by atoms with Crippen LogP contribution in [0.2, 0.25) is 0 Å². The molecule has 1 aromatic carbocycles. The lowest BCUT2D eigenvalue weighted by molar-refractivity contribution is 0.145. The van der Waals surface area contributed by atoms with E-state index in [-0.39, 0.29) is 17.5 Å². The molecule has 2 saturated heterocycles. The number of aromatic amines is 1. The molecular formula is C29H31FN6O2. The van der Waals surface area contributed by atoms with Crippen LogP contribution in [0.5, 0.6) is 0 Å². The molecule has 0 radical (unpaired) electrons. The maximum Gasteiger partial charge on any atom is 0.259 e. The number of aliphatic hydroxyl groups is 1. The molecule has 5 heterocycles. The predicted molar refractivity (Wildman–Crippen MR) is 147 cm³/mol. The van der Waals surface area contributed by atoms with Gasteiger partial charge in [0.1, 0.15) is 11.6 Å². The zero-order valence-electron chi connectivity index (χ0n) is 21.2. The van der Waals surface area contributed by atoms with E-state index in [1.54, 1.807) is 24.5 Å². The molecule has 8 nitrogen and oxygen atoms in total. The van der Waals surface area contributed by atoms with Crippen LogP contribution >= 0.6 is 0 Å². The monoisotopic (exact) mass is 514 g/mol. The van der Waals surface area contributed by atoms with E-state index in [1.165, 1.54) is 18.9 Å². The number of benzene rings is 1. The molecule has 3 aromatic heterocycles. The highest BCUT2D eigenvalue weighted by atomic mass is 19.1. The molecule has 0 aliphatic carbocycles. The van der Waals surface area contributed by atoms with Crippen LogP contribution in [-0.2, 0) is 6.54 Å². The molecule has 4 aromatic rings. The van der Waals surface area contributed by atoms with Gasteiger partial charge in [0.2, 0.25) is 0 Å². The molecular weight excluding hydrogens is 483 g/mol. The van der Waals surface area contributed by atoms with Crippen molar-refractivity contribution in [3.05, 3.63) is 76.6 Å². The molecule has 0 atom stereocenters. The van der Waals surface area contributed by atoms with Gasteiger partial charge in [-0.2, -0.15) is 0 Å². The van der Waals surface area contributed by atoms with Crippen molar-refractivity contribution >= 4 is 28.1 Å². The number of fused-ring (bicyclic) bond motifs is 1. The van der Waals surface area contributed by atoms with Crippen molar-refractivity contribution in [3.63, 3.8) is 0 Å². The fourth-order valence-corrected chi connectivity index (χ4v) is 5.40. The van der Waals surface area contributed by atoms with Crippen LogP contribution < -0.4 is 15.8 Å². The standard InChI is InChI=1S/C29H31FN6O2/c30-23-5-3-19(18-35-11-1-2-12-35)15-22(23)25-16-26(28-24(33-25)7-10-31-29(28)38)34-27-6-4-20(17-32-27)36-13-8-21(37)9-14-36/h3-7,10,15-17,21,37H,1-2,8-9,11-14,18H2,(H,31,38)(H,32,33,34). The Bertz CT molecular complexity index is 1490. The third-order valence-electron chi connectivity index (χ3n) is 7.48. The number of aromatic nitrogens is 3. The highest BCUT2D eigenvalue weighted by molar-refractivity contribution is 5.94. The first-order valence-corrected chi connectivity index (χ1v) is 13.2. The van der Waals surface area contributed by atoms with E-state index in [9.17, 15) is 9.90 Å². The lowest BCUT2D eigenvalue weighted by Gasteiger charge is -2.31. The first-order valence-electron chi connectivity index (χ1n) is 13.2. The maximum atomic E-state index is 15.1. The quantitative estimate of drug-likeness (QED) is 0.350. The number of nitrogens with zero attached hydrogens (tertiary/aromatic N) is 4. The van der Waals surface area contributed by atoms with Crippen molar-refractivity contribution in [2.45, 2.75) is 38.3 Å². The smallest absolute Gasteiger partial charge is 0.259 e. The van der Waals surface area contributed by atoms with Gasteiger partial charge in [-0.25, -0.2) is 14.4 Å². The van der Waals surface area contributed by atoms with Gasteiger partial charge in [-0.1, -0.05) is 6.07 Å². The Kier molecular flexibility index (Phi) is 6.78. The normalized spacial score (nSPS) is 16.8. The van der Waals surface area contributed by atoms with E-state index in [0.29, 0.717) is 33.7 Å². The Balaban J connectivity index is 1.33. The number of anilines is 3. The van der Waals surface area contributed by atoms with Crippen LogP contribution in [0, 0.1) is 5.82 Å². The molecule has 0 unspecified atom stereocenters. The van der Waals surface area contributed by atoms with E-state index in [4.69, 9.17) is 0 Å². The molecule has 3 N–H and O–H groups in total. The summed E-state index contributed by atoms with van der Waals surface area (Å²) in [6, 6.07) is 12.5. The Morgan fingerprint density at radius 2 is 1.87 bits per heavy atom. The summed E-state index contributed by atoms with van der Waals surface area (Å²) in [6.45, 7) is 4.46. The van der Waals surface area contributed by atoms with E-state index < -0.39 is 0 Å². The summed E-state index contributed by atoms with van der Waals surface area (Å²) in [7, 11) is 0. The minimum atomic E-state index is -0.355. The maximum absolute atomic E-state index is 15.1. The Morgan fingerprint density at radius 3 is 2.63 bits per heavy atom. The number of pyridine rings is 3. The second kappa shape index (κ2) is 10.5. The van der Waals surface area contributed by atoms with Gasteiger partial charge in [0.25, 0.3) is 5.56 Å². The summed E-state index contributed by atoms with van der Waals surface area (Å²) < 4.78 is 15.1. The lowest BCUT2D eigenvalue weighted by Crippen LogP contribution is -2.35. The molecule has 0 bridgehead atoms. The van der Waals surface area contributed by atoms with Crippen molar-refractivity contribution in [2.75, 3.05) is 36.4 Å². The second-order valence-corrected chi connectivity index (χ2v) is 10.2. The van der Waals surface area contributed by atoms with Gasteiger partial charge in [-0.3, -0.25) is 9.69 Å². The van der Waals surface area contributed by atoms with E-state index in [2.05, 4.69) is 30.1 Å². The number of H-pyrrole nitrogens is 1. The van der Waals surface area contributed by atoms with Crippen molar-refractivity contribution in [2.24, 2.45) is 0 Å². The SMILES string of the molecule is O=c1[nH]ccc2nc(-c3cc(CN4CCCC4)ccc3F)cc(Nc3ccc(N4CCC(O)CC4)cn3)c12. The highest BCUT2D eigenvalue weighted by Crippen LogP contribution is 2.31. The first kappa shape index (κ1) is 24.5. The largest absolute Gasteiger partial charge is 0.393 e. The van der Waals surface area contributed by atoms with Gasteiger partial charge in [0, 0.05) is 31.4 Å². The molecule has 0 amide bonds. The summed E-state index contributed by atoms with van der Waals surface area (Å²) in [5, 5.41) is 13.4. The topological polar surface area (TPSA) is 97.4 Å². The third kappa shape index (κ3) is 5.12. The number of rotatable bonds is 6. The summed E-state index contributed by atoms with van der Waals surface area (Å²) in [5.41, 5.74) is 3.58. The molecule has 0 saturated carbocycles. The Morgan fingerprint density at radius 1 is 1.05 bits per heavy atom. The zero-order chi connectivity index (χ0) is 26.1. The zero-order valence-corrected chi connectivity index (χ0v) is 21.2. The second-order valence-electron chi connectivity index (χ2n) is 10.2. The van der Waals surface area contributed by atoms with Crippen LogP contribution in [0.15, 0.2) is 59.7 Å². The van der Waals surface area contributed by atoms with Crippen molar-refractivity contribution < 1.29 is 9.50 Å². The first-order chi connectivity index (χ1) is 18.5.